The highest BCUT2D eigenvalue weighted by Crippen LogP contribution is 2.26. The van der Waals surface area contributed by atoms with E-state index in [9.17, 15) is 9.18 Å². The Bertz CT molecular complexity index is 963. The number of amides is 1. The molecule has 152 valence electrons. The second-order valence-electron chi connectivity index (χ2n) is 6.71. The summed E-state index contributed by atoms with van der Waals surface area (Å²) in [6.45, 7) is 3.88. The van der Waals surface area contributed by atoms with Crippen LogP contribution in [0.3, 0.4) is 0 Å². The van der Waals surface area contributed by atoms with Gasteiger partial charge < -0.3 is 11.2 Å². The van der Waals surface area contributed by atoms with Crippen molar-refractivity contribution in [3.8, 4) is 11.4 Å². The van der Waals surface area contributed by atoms with Crippen molar-refractivity contribution in [2.75, 3.05) is 5.84 Å². The summed E-state index contributed by atoms with van der Waals surface area (Å²) in [7, 11) is 0. The van der Waals surface area contributed by atoms with E-state index in [1.165, 1.54) is 28.6 Å². The first-order chi connectivity index (χ1) is 14.0. The number of halogens is 1. The molecule has 1 amide bonds. The lowest BCUT2D eigenvalue weighted by atomic mass is 10.0. The molecule has 0 aliphatic carbocycles. The lowest BCUT2D eigenvalue weighted by Gasteiger charge is -2.20. The second-order valence-corrected chi connectivity index (χ2v) is 8.02. The molecule has 0 fully saturated rings. The number of thioether (sulfide) groups is 1. The largest absolute Gasteiger partial charge is 0.348 e. The molecule has 0 saturated heterocycles. The molecule has 3 N–H and O–H groups in total. The van der Waals surface area contributed by atoms with Gasteiger partial charge in [0.1, 0.15) is 5.82 Å². The molecular weight excluding hydrogens is 389 g/mol. The third-order valence-electron chi connectivity index (χ3n) is 4.49. The number of hydrogen-bond donors (Lipinski definition) is 2. The van der Waals surface area contributed by atoms with Crippen LogP contribution in [0.4, 0.5) is 4.39 Å². The smallest absolute Gasteiger partial charge is 0.233 e. The van der Waals surface area contributed by atoms with E-state index in [0.717, 1.165) is 18.4 Å². The fourth-order valence-corrected chi connectivity index (χ4v) is 3.76. The van der Waals surface area contributed by atoms with Gasteiger partial charge in [0.05, 0.1) is 11.3 Å². The standard InChI is InChI=1S/C21H24FN5OS/c1-3-8-18(15-9-5-4-6-10-15)24-20(28)14(2)29-21-26-25-19(27(21)23)16-11-7-12-17(22)13-16/h4-7,9-14,18H,3,8,23H2,1-2H3,(H,24,28)/t14-,18+/m1/s1. The molecule has 1 heterocycles. The van der Waals surface area contributed by atoms with Crippen molar-refractivity contribution >= 4 is 17.7 Å². The molecule has 8 heteroatoms. The zero-order chi connectivity index (χ0) is 20.8. The zero-order valence-electron chi connectivity index (χ0n) is 16.4. The van der Waals surface area contributed by atoms with E-state index < -0.39 is 5.25 Å². The minimum absolute atomic E-state index is 0.0460. The number of benzene rings is 2. The third-order valence-corrected chi connectivity index (χ3v) is 5.55. The first-order valence-electron chi connectivity index (χ1n) is 9.48. The first kappa shape index (κ1) is 20.9. The topological polar surface area (TPSA) is 85.8 Å². The van der Waals surface area contributed by atoms with Crippen LogP contribution >= 0.6 is 11.8 Å². The van der Waals surface area contributed by atoms with E-state index in [1.54, 1.807) is 19.1 Å². The van der Waals surface area contributed by atoms with Crippen LogP contribution in [0.5, 0.6) is 0 Å². The van der Waals surface area contributed by atoms with Gasteiger partial charge >= 0.3 is 0 Å². The number of carbonyl (C=O) groups excluding carboxylic acids is 1. The molecule has 6 nitrogen and oxygen atoms in total. The predicted molar refractivity (Wildman–Crippen MR) is 113 cm³/mol. The maximum absolute atomic E-state index is 13.5. The van der Waals surface area contributed by atoms with Gasteiger partial charge in [-0.3, -0.25) is 4.79 Å². The van der Waals surface area contributed by atoms with Crippen molar-refractivity contribution in [3.63, 3.8) is 0 Å². The summed E-state index contributed by atoms with van der Waals surface area (Å²) in [5, 5.41) is 11.2. The number of nitrogens with two attached hydrogens (primary N) is 1. The molecule has 0 unspecified atom stereocenters. The first-order valence-corrected chi connectivity index (χ1v) is 10.4. The SMILES string of the molecule is CCC[C@H](NC(=O)[C@@H](C)Sc1nnc(-c2cccc(F)c2)n1N)c1ccccc1. The van der Waals surface area contributed by atoms with Crippen LogP contribution in [0.15, 0.2) is 59.8 Å². The minimum atomic E-state index is -0.426. The van der Waals surface area contributed by atoms with Crippen molar-refractivity contribution in [2.24, 2.45) is 0 Å². The van der Waals surface area contributed by atoms with Gasteiger partial charge in [-0.15, -0.1) is 10.2 Å². The van der Waals surface area contributed by atoms with Crippen LogP contribution < -0.4 is 11.2 Å². The Kier molecular flexibility index (Phi) is 6.87. The number of hydrogen-bond acceptors (Lipinski definition) is 5. The van der Waals surface area contributed by atoms with Crippen molar-refractivity contribution < 1.29 is 9.18 Å². The number of nitrogen functional groups attached to an aromatic ring is 1. The number of rotatable bonds is 8. The van der Waals surface area contributed by atoms with E-state index in [2.05, 4.69) is 22.4 Å². The summed E-state index contributed by atoms with van der Waals surface area (Å²) < 4.78 is 14.8. The van der Waals surface area contributed by atoms with E-state index >= 15 is 0 Å². The van der Waals surface area contributed by atoms with Gasteiger partial charge in [0, 0.05) is 5.56 Å². The normalized spacial score (nSPS) is 13.1. The van der Waals surface area contributed by atoms with Crippen LogP contribution in [0.1, 0.15) is 38.3 Å². The number of carbonyl (C=O) groups is 1. The van der Waals surface area contributed by atoms with Crippen LogP contribution in [-0.2, 0) is 4.79 Å². The highest BCUT2D eigenvalue weighted by molar-refractivity contribution is 8.00. The minimum Gasteiger partial charge on any atom is -0.348 e. The Morgan fingerprint density at radius 2 is 1.97 bits per heavy atom. The number of nitrogens with one attached hydrogen (secondary N) is 1. The summed E-state index contributed by atoms with van der Waals surface area (Å²) in [6.07, 6.45) is 1.80. The highest BCUT2D eigenvalue weighted by atomic mass is 32.2. The highest BCUT2D eigenvalue weighted by Gasteiger charge is 2.22. The van der Waals surface area contributed by atoms with Gasteiger partial charge in [-0.25, -0.2) is 9.07 Å². The molecule has 2 aromatic carbocycles. The molecule has 29 heavy (non-hydrogen) atoms. The molecule has 0 radical (unpaired) electrons. The molecule has 0 aliphatic heterocycles. The Balaban J connectivity index is 1.69. The van der Waals surface area contributed by atoms with Crippen molar-refractivity contribution in [2.45, 2.75) is 43.1 Å². The molecule has 3 rings (SSSR count). The Morgan fingerprint density at radius 3 is 2.66 bits per heavy atom. The average Bonchev–Trinajstić information content (AvgIpc) is 3.08. The molecule has 3 aromatic rings. The maximum atomic E-state index is 13.5. The third kappa shape index (κ3) is 5.14. The van der Waals surface area contributed by atoms with Gasteiger partial charge in [-0.2, -0.15) is 0 Å². The lowest BCUT2D eigenvalue weighted by Crippen LogP contribution is -2.34. The van der Waals surface area contributed by atoms with Crippen molar-refractivity contribution in [1.29, 1.82) is 0 Å². The molecule has 1 aromatic heterocycles. The number of aromatic nitrogens is 3. The Morgan fingerprint density at radius 1 is 1.21 bits per heavy atom. The average molecular weight is 414 g/mol. The van der Waals surface area contributed by atoms with E-state index in [0.29, 0.717) is 16.5 Å². The van der Waals surface area contributed by atoms with Gasteiger partial charge in [0.15, 0.2) is 5.82 Å². The number of nitrogens with zero attached hydrogens (tertiary/aromatic N) is 3. The molecule has 0 spiro atoms. The van der Waals surface area contributed by atoms with E-state index in [4.69, 9.17) is 5.84 Å². The Hall–Kier alpha value is -2.87. The predicted octanol–water partition coefficient (Wildman–Crippen LogP) is 3.94. The van der Waals surface area contributed by atoms with Gasteiger partial charge in [-0.05, 0) is 31.0 Å². The maximum Gasteiger partial charge on any atom is 0.233 e. The van der Waals surface area contributed by atoms with E-state index in [1.807, 2.05) is 30.3 Å². The summed E-state index contributed by atoms with van der Waals surface area (Å²) in [5.41, 5.74) is 1.60. The van der Waals surface area contributed by atoms with Crippen LogP contribution in [0.25, 0.3) is 11.4 Å². The van der Waals surface area contributed by atoms with Gasteiger partial charge in [-0.1, -0.05) is 67.6 Å². The fraction of sp³-hybridized carbons (Fsp3) is 0.286. The van der Waals surface area contributed by atoms with Crippen LogP contribution in [0, 0.1) is 5.82 Å². The van der Waals surface area contributed by atoms with Crippen molar-refractivity contribution in [1.82, 2.24) is 20.2 Å². The quantitative estimate of drug-likeness (QED) is 0.432. The summed E-state index contributed by atoms with van der Waals surface area (Å²) in [6, 6.07) is 15.8. The second kappa shape index (κ2) is 9.56. The summed E-state index contributed by atoms with van der Waals surface area (Å²) in [5.74, 6) is 5.95. The van der Waals surface area contributed by atoms with Crippen molar-refractivity contribution in [3.05, 3.63) is 66.0 Å². The lowest BCUT2D eigenvalue weighted by molar-refractivity contribution is -0.121. The zero-order valence-corrected chi connectivity index (χ0v) is 17.2. The van der Waals surface area contributed by atoms with Gasteiger partial charge in [0.2, 0.25) is 11.1 Å². The van der Waals surface area contributed by atoms with E-state index in [-0.39, 0.29) is 17.8 Å². The van der Waals surface area contributed by atoms with Gasteiger partial charge in [0.25, 0.3) is 0 Å². The summed E-state index contributed by atoms with van der Waals surface area (Å²) in [4.78, 5) is 12.8. The molecule has 2 atom stereocenters. The molecule has 0 aliphatic rings. The molecule has 0 bridgehead atoms. The van der Waals surface area contributed by atoms with Crippen LogP contribution in [-0.4, -0.2) is 26.0 Å². The Labute approximate surface area is 173 Å². The molecule has 0 saturated carbocycles. The summed E-state index contributed by atoms with van der Waals surface area (Å²) >= 11 is 1.21. The molecular formula is C21H24FN5OS. The van der Waals surface area contributed by atoms with Crippen LogP contribution in [0.2, 0.25) is 0 Å². The monoisotopic (exact) mass is 413 g/mol. The fourth-order valence-electron chi connectivity index (χ4n) is 2.98.